The molecular formula is C22H21Cl2F3N4O2S. The zero-order chi connectivity index (χ0) is 25.0. The Balaban J connectivity index is 1.67. The van der Waals surface area contributed by atoms with E-state index < -0.39 is 23.8 Å². The van der Waals surface area contributed by atoms with Crippen molar-refractivity contribution < 1.29 is 22.7 Å². The topological polar surface area (TPSA) is 69.0 Å². The molecule has 0 fully saturated rings. The predicted octanol–water partition coefficient (Wildman–Crippen LogP) is 6.80. The minimum absolute atomic E-state index is 0.00817. The van der Waals surface area contributed by atoms with E-state index in [4.69, 9.17) is 27.9 Å². The zero-order valence-electron chi connectivity index (χ0n) is 18.4. The minimum atomic E-state index is -4.55. The third kappa shape index (κ3) is 6.37. The molecule has 1 aromatic heterocycles. The van der Waals surface area contributed by atoms with Gasteiger partial charge >= 0.3 is 6.18 Å². The Hall–Kier alpha value is -2.43. The number of hydrogen-bond donors (Lipinski definition) is 1. The van der Waals surface area contributed by atoms with Gasteiger partial charge in [-0.15, -0.1) is 10.2 Å². The molecule has 1 atom stereocenters. The summed E-state index contributed by atoms with van der Waals surface area (Å²) in [4.78, 5) is 12.4. The summed E-state index contributed by atoms with van der Waals surface area (Å²) in [6, 6.07) is 8.06. The van der Waals surface area contributed by atoms with Crippen molar-refractivity contribution in [2.24, 2.45) is 0 Å². The van der Waals surface area contributed by atoms with Crippen molar-refractivity contribution in [3.05, 3.63) is 63.4 Å². The monoisotopic (exact) mass is 532 g/mol. The van der Waals surface area contributed by atoms with Gasteiger partial charge in [0, 0.05) is 11.6 Å². The van der Waals surface area contributed by atoms with Crippen molar-refractivity contribution in [2.45, 2.75) is 44.8 Å². The van der Waals surface area contributed by atoms with Crippen LogP contribution >= 0.6 is 35.0 Å². The van der Waals surface area contributed by atoms with Crippen LogP contribution in [0, 0.1) is 6.92 Å². The van der Waals surface area contributed by atoms with Crippen LogP contribution in [0.2, 0.25) is 10.0 Å². The van der Waals surface area contributed by atoms with Crippen LogP contribution in [-0.2, 0) is 17.5 Å². The van der Waals surface area contributed by atoms with Gasteiger partial charge < -0.3 is 14.6 Å². The van der Waals surface area contributed by atoms with Gasteiger partial charge in [-0.2, -0.15) is 13.2 Å². The van der Waals surface area contributed by atoms with Crippen molar-refractivity contribution >= 4 is 46.6 Å². The largest absolute Gasteiger partial charge is 0.482 e. The molecule has 182 valence electrons. The summed E-state index contributed by atoms with van der Waals surface area (Å²) in [7, 11) is 0. The maximum Gasteiger partial charge on any atom is 0.416 e. The summed E-state index contributed by atoms with van der Waals surface area (Å²) in [6.07, 6.45) is -4.98. The number of rotatable bonds is 8. The molecule has 0 aliphatic rings. The van der Waals surface area contributed by atoms with E-state index in [2.05, 4.69) is 15.5 Å². The molecule has 2 aromatic carbocycles. The van der Waals surface area contributed by atoms with E-state index >= 15 is 0 Å². The number of aryl methyl sites for hydroxylation is 1. The number of thioether (sulfide) groups is 1. The average molecular weight is 533 g/mol. The molecule has 0 radical (unpaired) electrons. The average Bonchev–Trinajstić information content (AvgIpc) is 3.18. The van der Waals surface area contributed by atoms with Crippen LogP contribution in [0.1, 0.15) is 36.9 Å². The summed E-state index contributed by atoms with van der Waals surface area (Å²) in [5.74, 6) is 0.602. The van der Waals surface area contributed by atoms with E-state index in [9.17, 15) is 18.0 Å². The van der Waals surface area contributed by atoms with Gasteiger partial charge in [-0.25, -0.2) is 0 Å². The van der Waals surface area contributed by atoms with Crippen LogP contribution < -0.4 is 10.1 Å². The van der Waals surface area contributed by atoms with E-state index in [0.717, 1.165) is 35.5 Å². The molecule has 0 spiro atoms. The summed E-state index contributed by atoms with van der Waals surface area (Å²) in [5, 5.41) is 11.9. The maximum atomic E-state index is 12.9. The number of benzene rings is 2. The number of ether oxygens (including phenoxy) is 1. The first-order valence-electron chi connectivity index (χ1n) is 10.1. The lowest BCUT2D eigenvalue weighted by Crippen LogP contribution is -2.16. The summed E-state index contributed by atoms with van der Waals surface area (Å²) < 4.78 is 46.7. The van der Waals surface area contributed by atoms with Crippen molar-refractivity contribution in [1.29, 1.82) is 0 Å². The Labute approximate surface area is 208 Å². The Bertz CT molecular complexity index is 1190. The van der Waals surface area contributed by atoms with Crippen molar-refractivity contribution in [3.8, 4) is 5.75 Å². The summed E-state index contributed by atoms with van der Waals surface area (Å²) >= 11 is 13.0. The fourth-order valence-electron chi connectivity index (χ4n) is 3.11. The second kappa shape index (κ2) is 10.9. The third-order valence-electron chi connectivity index (χ3n) is 4.77. The van der Waals surface area contributed by atoms with Gasteiger partial charge in [0.25, 0.3) is 0 Å². The number of carbonyl (C=O) groups is 1. The van der Waals surface area contributed by atoms with Gasteiger partial charge in [0.2, 0.25) is 5.91 Å². The molecule has 0 bridgehead atoms. The van der Waals surface area contributed by atoms with Gasteiger partial charge in [0.05, 0.1) is 22.0 Å². The number of nitrogens with one attached hydrogen (secondary N) is 1. The van der Waals surface area contributed by atoms with Crippen LogP contribution in [0.25, 0.3) is 0 Å². The van der Waals surface area contributed by atoms with Gasteiger partial charge in [0.15, 0.2) is 17.1 Å². The highest BCUT2D eigenvalue weighted by Crippen LogP contribution is 2.34. The van der Waals surface area contributed by atoms with Gasteiger partial charge in [-0.3, -0.25) is 4.79 Å². The number of hydrogen-bond acceptors (Lipinski definition) is 5. The number of halogens is 5. The molecule has 0 saturated heterocycles. The van der Waals surface area contributed by atoms with Crippen molar-refractivity contribution in [3.63, 3.8) is 0 Å². The molecule has 0 aliphatic heterocycles. The first-order chi connectivity index (χ1) is 16.0. The Morgan fingerprint density at radius 2 is 1.94 bits per heavy atom. The van der Waals surface area contributed by atoms with Crippen LogP contribution in [0.15, 0.2) is 41.6 Å². The standard InChI is InChI=1S/C22H21Cl2F3N4O2S/c1-4-31-20(13(3)33-18-8-6-15(23)9-12(18)2)29-30-21(31)34-11-19(32)28-17-10-14(22(25,26)27)5-7-16(17)24/h5-10,13H,4,11H2,1-3H3,(H,28,32). The van der Waals surface area contributed by atoms with Gasteiger partial charge in [-0.1, -0.05) is 35.0 Å². The number of amides is 1. The zero-order valence-corrected chi connectivity index (χ0v) is 20.7. The molecule has 0 saturated carbocycles. The van der Waals surface area contributed by atoms with Gasteiger partial charge in [-0.05, 0) is 62.7 Å². The SMILES string of the molecule is CCn1c(SCC(=O)Nc2cc(C(F)(F)F)ccc2Cl)nnc1C(C)Oc1ccc(Cl)cc1C. The second-order valence-corrected chi connectivity index (χ2v) is 9.07. The number of aromatic nitrogens is 3. The minimum Gasteiger partial charge on any atom is -0.482 e. The van der Waals surface area contributed by atoms with Crippen molar-refractivity contribution in [1.82, 2.24) is 14.8 Å². The fraction of sp³-hybridized carbons (Fsp3) is 0.318. The van der Waals surface area contributed by atoms with E-state index in [-0.39, 0.29) is 16.5 Å². The number of nitrogens with zero attached hydrogens (tertiary/aromatic N) is 3. The number of anilines is 1. The number of alkyl halides is 3. The molecule has 6 nitrogen and oxygen atoms in total. The van der Waals surface area contributed by atoms with Crippen LogP contribution in [0.5, 0.6) is 5.75 Å². The van der Waals surface area contributed by atoms with E-state index in [1.807, 2.05) is 25.3 Å². The summed E-state index contributed by atoms with van der Waals surface area (Å²) in [5.41, 5.74) is -0.137. The quantitative estimate of drug-likeness (QED) is 0.323. The lowest BCUT2D eigenvalue weighted by atomic mass is 10.2. The Kier molecular flexibility index (Phi) is 8.38. The van der Waals surface area contributed by atoms with Crippen LogP contribution in [0.3, 0.4) is 0 Å². The maximum absolute atomic E-state index is 12.9. The Morgan fingerprint density at radius 1 is 1.21 bits per heavy atom. The highest BCUT2D eigenvalue weighted by Gasteiger charge is 2.31. The molecule has 1 unspecified atom stereocenters. The predicted molar refractivity (Wildman–Crippen MR) is 127 cm³/mol. The highest BCUT2D eigenvalue weighted by molar-refractivity contribution is 7.99. The molecule has 1 N–H and O–H groups in total. The molecular weight excluding hydrogens is 512 g/mol. The number of carbonyl (C=O) groups excluding carboxylic acids is 1. The lowest BCUT2D eigenvalue weighted by molar-refractivity contribution is -0.137. The first-order valence-corrected chi connectivity index (χ1v) is 11.9. The van der Waals surface area contributed by atoms with E-state index in [1.165, 1.54) is 0 Å². The molecule has 1 heterocycles. The third-order valence-corrected chi connectivity index (χ3v) is 6.30. The molecule has 1 amide bonds. The first kappa shape index (κ1) is 26.2. The fourth-order valence-corrected chi connectivity index (χ4v) is 4.31. The Morgan fingerprint density at radius 3 is 2.59 bits per heavy atom. The second-order valence-electron chi connectivity index (χ2n) is 7.28. The van der Waals surface area contributed by atoms with Crippen LogP contribution in [-0.4, -0.2) is 26.4 Å². The normalized spacial score (nSPS) is 12.5. The lowest BCUT2D eigenvalue weighted by Gasteiger charge is -2.17. The molecule has 3 aromatic rings. The van der Waals surface area contributed by atoms with Crippen LogP contribution in [0.4, 0.5) is 18.9 Å². The molecule has 0 aliphatic carbocycles. The molecule has 12 heteroatoms. The highest BCUT2D eigenvalue weighted by atomic mass is 35.5. The van der Waals surface area contributed by atoms with Gasteiger partial charge in [0.1, 0.15) is 5.75 Å². The van der Waals surface area contributed by atoms with Crippen molar-refractivity contribution in [2.75, 3.05) is 11.1 Å². The smallest absolute Gasteiger partial charge is 0.416 e. The van der Waals surface area contributed by atoms with E-state index in [0.29, 0.717) is 28.3 Å². The summed E-state index contributed by atoms with van der Waals surface area (Å²) in [6.45, 7) is 6.15. The molecule has 34 heavy (non-hydrogen) atoms. The molecule has 3 rings (SSSR count). The van der Waals surface area contributed by atoms with E-state index in [1.54, 1.807) is 18.2 Å².